The monoisotopic (exact) mass is 327 g/mol. The van der Waals surface area contributed by atoms with E-state index in [1.807, 2.05) is 64.1 Å². The zero-order chi connectivity index (χ0) is 17.5. The van der Waals surface area contributed by atoms with E-state index in [1.54, 1.807) is 6.07 Å². The number of aryl methyl sites for hydroxylation is 2. The van der Waals surface area contributed by atoms with Crippen LogP contribution in [0.15, 0.2) is 42.5 Å². The zero-order valence-electron chi connectivity index (χ0n) is 14.8. The molecule has 2 aromatic carbocycles. The van der Waals surface area contributed by atoms with Crippen LogP contribution in [0.25, 0.3) is 0 Å². The third-order valence-corrected chi connectivity index (χ3v) is 3.64. The minimum atomic E-state index is -0.110. The van der Waals surface area contributed by atoms with Crippen LogP contribution in [-0.4, -0.2) is 25.2 Å². The fourth-order valence-corrected chi connectivity index (χ4v) is 2.31. The Morgan fingerprint density at radius 1 is 1.08 bits per heavy atom. The fourth-order valence-electron chi connectivity index (χ4n) is 2.31. The number of amides is 1. The molecule has 0 aliphatic heterocycles. The quantitative estimate of drug-likeness (QED) is 0.839. The molecule has 0 unspecified atom stereocenters. The average molecular weight is 327 g/mol. The van der Waals surface area contributed by atoms with Gasteiger partial charge in [0.2, 0.25) is 0 Å². The van der Waals surface area contributed by atoms with E-state index < -0.39 is 0 Å². The lowest BCUT2D eigenvalue weighted by Crippen LogP contribution is -2.36. The second-order valence-corrected chi connectivity index (χ2v) is 5.91. The maximum absolute atomic E-state index is 12.3. The van der Waals surface area contributed by atoms with Gasteiger partial charge in [0.1, 0.15) is 18.1 Å². The Hall–Kier alpha value is -2.49. The molecule has 2 rings (SSSR count). The summed E-state index contributed by atoms with van der Waals surface area (Å²) in [5.74, 6) is 1.50. The number of hydrogen-bond acceptors (Lipinski definition) is 3. The Kier molecular flexibility index (Phi) is 6.24. The number of nitrogens with one attached hydrogen (secondary N) is 1. The molecule has 0 saturated carbocycles. The van der Waals surface area contributed by atoms with Crippen molar-refractivity contribution in [2.45, 2.75) is 33.7 Å². The highest BCUT2D eigenvalue weighted by atomic mass is 16.5. The molecule has 0 aromatic heterocycles. The van der Waals surface area contributed by atoms with E-state index in [1.165, 1.54) is 5.56 Å². The van der Waals surface area contributed by atoms with E-state index >= 15 is 0 Å². The van der Waals surface area contributed by atoms with Gasteiger partial charge in [0.25, 0.3) is 5.91 Å². The summed E-state index contributed by atoms with van der Waals surface area (Å²) in [4.78, 5) is 12.3. The van der Waals surface area contributed by atoms with E-state index in [-0.39, 0.29) is 11.9 Å². The van der Waals surface area contributed by atoms with Gasteiger partial charge in [0.05, 0.1) is 12.6 Å². The van der Waals surface area contributed by atoms with Gasteiger partial charge in [-0.05, 0) is 63.6 Å². The average Bonchev–Trinajstić information content (AvgIpc) is 2.56. The molecular weight excluding hydrogens is 302 g/mol. The molecule has 1 amide bonds. The van der Waals surface area contributed by atoms with Crippen LogP contribution in [0.3, 0.4) is 0 Å². The van der Waals surface area contributed by atoms with E-state index in [4.69, 9.17) is 9.47 Å². The van der Waals surface area contributed by atoms with Crippen molar-refractivity contribution in [1.29, 1.82) is 0 Å². The summed E-state index contributed by atoms with van der Waals surface area (Å²) in [5, 5.41) is 2.95. The first-order valence-electron chi connectivity index (χ1n) is 8.23. The zero-order valence-corrected chi connectivity index (χ0v) is 14.8. The molecule has 0 aliphatic rings. The number of ether oxygens (including phenoxy) is 2. The molecule has 0 spiro atoms. The highest BCUT2D eigenvalue weighted by molar-refractivity contribution is 5.94. The standard InChI is InChI=1S/C20H25NO3/c1-5-23-19-11-8-17(12-15(19)3)20(22)21-16(4)13-24-18-9-6-14(2)7-10-18/h6-12,16H,5,13H2,1-4H3,(H,21,22)/t16-/m0/s1. The maximum Gasteiger partial charge on any atom is 0.251 e. The lowest BCUT2D eigenvalue weighted by Gasteiger charge is -2.16. The van der Waals surface area contributed by atoms with Crippen LogP contribution in [0.4, 0.5) is 0 Å². The van der Waals surface area contributed by atoms with Crippen molar-refractivity contribution in [3.05, 3.63) is 59.2 Å². The van der Waals surface area contributed by atoms with E-state index in [2.05, 4.69) is 5.32 Å². The van der Waals surface area contributed by atoms with Gasteiger partial charge in [-0.25, -0.2) is 0 Å². The van der Waals surface area contributed by atoms with Crippen LogP contribution in [0.1, 0.15) is 35.3 Å². The second-order valence-electron chi connectivity index (χ2n) is 5.91. The largest absolute Gasteiger partial charge is 0.494 e. The molecule has 4 nitrogen and oxygen atoms in total. The second kappa shape index (κ2) is 8.39. The minimum Gasteiger partial charge on any atom is -0.494 e. The molecule has 0 bridgehead atoms. The summed E-state index contributed by atoms with van der Waals surface area (Å²) >= 11 is 0. The number of hydrogen-bond donors (Lipinski definition) is 1. The highest BCUT2D eigenvalue weighted by Crippen LogP contribution is 2.19. The minimum absolute atomic E-state index is 0.0920. The first kappa shape index (κ1) is 17.9. The predicted octanol–water partition coefficient (Wildman–Crippen LogP) is 3.90. The summed E-state index contributed by atoms with van der Waals surface area (Å²) in [5.41, 5.74) is 2.76. The molecule has 4 heteroatoms. The molecule has 1 atom stereocenters. The third kappa shape index (κ3) is 5.01. The smallest absolute Gasteiger partial charge is 0.251 e. The number of benzene rings is 2. The van der Waals surface area contributed by atoms with E-state index in [0.29, 0.717) is 18.8 Å². The third-order valence-electron chi connectivity index (χ3n) is 3.64. The Labute approximate surface area is 143 Å². The Morgan fingerprint density at radius 2 is 1.79 bits per heavy atom. The van der Waals surface area contributed by atoms with Crippen LogP contribution >= 0.6 is 0 Å². The summed E-state index contributed by atoms with van der Waals surface area (Å²) < 4.78 is 11.2. The molecule has 0 aliphatic carbocycles. The van der Waals surface area contributed by atoms with Crippen molar-refractivity contribution in [2.75, 3.05) is 13.2 Å². The predicted molar refractivity (Wildman–Crippen MR) is 96.0 cm³/mol. The van der Waals surface area contributed by atoms with Crippen LogP contribution in [0, 0.1) is 13.8 Å². The molecule has 0 fully saturated rings. The maximum atomic E-state index is 12.3. The fraction of sp³-hybridized carbons (Fsp3) is 0.350. The highest BCUT2D eigenvalue weighted by Gasteiger charge is 2.12. The Balaban J connectivity index is 1.89. The van der Waals surface area contributed by atoms with Gasteiger partial charge < -0.3 is 14.8 Å². The van der Waals surface area contributed by atoms with Gasteiger partial charge >= 0.3 is 0 Å². The van der Waals surface area contributed by atoms with Crippen LogP contribution < -0.4 is 14.8 Å². The van der Waals surface area contributed by atoms with Crippen molar-refractivity contribution < 1.29 is 14.3 Å². The summed E-state index contributed by atoms with van der Waals surface area (Å²) in [7, 11) is 0. The number of rotatable bonds is 7. The van der Waals surface area contributed by atoms with Crippen molar-refractivity contribution in [3.8, 4) is 11.5 Å². The summed E-state index contributed by atoms with van der Waals surface area (Å²) in [6.45, 7) is 8.87. The molecule has 2 aromatic rings. The molecule has 0 radical (unpaired) electrons. The summed E-state index contributed by atoms with van der Waals surface area (Å²) in [6.07, 6.45) is 0. The van der Waals surface area contributed by atoms with Gasteiger partial charge in [0, 0.05) is 5.56 Å². The van der Waals surface area contributed by atoms with Crippen molar-refractivity contribution >= 4 is 5.91 Å². The molecule has 24 heavy (non-hydrogen) atoms. The van der Waals surface area contributed by atoms with Crippen molar-refractivity contribution in [2.24, 2.45) is 0 Å². The van der Waals surface area contributed by atoms with Crippen LogP contribution in [0.5, 0.6) is 11.5 Å². The number of carbonyl (C=O) groups excluding carboxylic acids is 1. The van der Waals surface area contributed by atoms with E-state index in [0.717, 1.165) is 17.1 Å². The molecule has 0 heterocycles. The lowest BCUT2D eigenvalue weighted by molar-refractivity contribution is 0.0926. The molecular formula is C20H25NO3. The van der Waals surface area contributed by atoms with E-state index in [9.17, 15) is 4.79 Å². The molecule has 0 saturated heterocycles. The normalized spacial score (nSPS) is 11.7. The Bertz CT molecular complexity index is 680. The Morgan fingerprint density at radius 3 is 2.42 bits per heavy atom. The van der Waals surface area contributed by atoms with Gasteiger partial charge in [-0.2, -0.15) is 0 Å². The topological polar surface area (TPSA) is 47.6 Å². The molecule has 128 valence electrons. The SMILES string of the molecule is CCOc1ccc(C(=O)N[C@@H](C)COc2ccc(C)cc2)cc1C. The van der Waals surface area contributed by atoms with Crippen LogP contribution in [0.2, 0.25) is 0 Å². The van der Waals surface area contributed by atoms with Gasteiger partial charge in [-0.3, -0.25) is 4.79 Å². The first-order chi connectivity index (χ1) is 11.5. The van der Waals surface area contributed by atoms with Crippen molar-refractivity contribution in [1.82, 2.24) is 5.32 Å². The molecule has 1 N–H and O–H groups in total. The number of carbonyl (C=O) groups is 1. The lowest BCUT2D eigenvalue weighted by atomic mass is 10.1. The van der Waals surface area contributed by atoms with Gasteiger partial charge in [-0.15, -0.1) is 0 Å². The summed E-state index contributed by atoms with van der Waals surface area (Å²) in [6, 6.07) is 13.2. The van der Waals surface area contributed by atoms with Crippen molar-refractivity contribution in [3.63, 3.8) is 0 Å². The van der Waals surface area contributed by atoms with Crippen LogP contribution in [-0.2, 0) is 0 Å². The van der Waals surface area contributed by atoms with Gasteiger partial charge in [-0.1, -0.05) is 17.7 Å². The first-order valence-corrected chi connectivity index (χ1v) is 8.23. The van der Waals surface area contributed by atoms with Gasteiger partial charge in [0.15, 0.2) is 0 Å².